The van der Waals surface area contributed by atoms with Crippen LogP contribution in [0.2, 0.25) is 0 Å². The fraction of sp³-hybridized carbons (Fsp3) is 0.500. The van der Waals surface area contributed by atoms with Crippen LogP contribution in [0.25, 0.3) is 0 Å². The summed E-state index contributed by atoms with van der Waals surface area (Å²) >= 11 is 3.36. The van der Waals surface area contributed by atoms with Gasteiger partial charge in [-0.1, -0.05) is 15.9 Å². The zero-order chi connectivity index (χ0) is 15.9. The Labute approximate surface area is 138 Å². The lowest BCUT2D eigenvalue weighted by molar-refractivity contribution is -0.145. The third-order valence-corrected chi connectivity index (χ3v) is 4.34. The molecule has 22 heavy (non-hydrogen) atoms. The molecule has 0 unspecified atom stereocenters. The van der Waals surface area contributed by atoms with Crippen LogP contribution in [0.5, 0.6) is 5.75 Å². The molecule has 6 heteroatoms. The van der Waals surface area contributed by atoms with Gasteiger partial charge in [0.05, 0.1) is 12.5 Å². The highest BCUT2D eigenvalue weighted by molar-refractivity contribution is 9.10. The van der Waals surface area contributed by atoms with Crippen LogP contribution in [0.15, 0.2) is 28.7 Å². The highest BCUT2D eigenvalue weighted by atomic mass is 79.9. The van der Waals surface area contributed by atoms with Gasteiger partial charge in [0, 0.05) is 24.0 Å². The van der Waals surface area contributed by atoms with E-state index in [1.807, 2.05) is 24.3 Å². The van der Waals surface area contributed by atoms with Gasteiger partial charge in [0.25, 0.3) is 0 Å². The number of rotatable bonds is 6. The molecule has 0 spiro atoms. The first-order chi connectivity index (χ1) is 10.6. The molecule has 1 fully saturated rings. The van der Waals surface area contributed by atoms with Crippen molar-refractivity contribution in [2.45, 2.75) is 25.7 Å². The number of piperidine rings is 1. The maximum Gasteiger partial charge on any atom is 0.306 e. The number of halogens is 1. The number of carbonyl (C=O) groups excluding carboxylic acids is 1. The first-order valence-electron chi connectivity index (χ1n) is 7.45. The minimum Gasteiger partial charge on any atom is -0.494 e. The number of carboxylic acids is 1. The van der Waals surface area contributed by atoms with E-state index in [-0.39, 0.29) is 11.8 Å². The Hall–Kier alpha value is -1.56. The molecule has 1 amide bonds. The number of carboxylic acid groups (broad SMARTS) is 1. The fourth-order valence-electron chi connectivity index (χ4n) is 2.48. The highest BCUT2D eigenvalue weighted by Crippen LogP contribution is 2.19. The SMILES string of the molecule is O=C(O)C1CCN(C(=O)CCCOc2ccc(Br)cc2)CC1. The Balaban J connectivity index is 1.64. The maximum atomic E-state index is 12.0. The molecule has 0 radical (unpaired) electrons. The summed E-state index contributed by atoms with van der Waals surface area (Å²) in [6.07, 6.45) is 2.20. The molecule has 0 aliphatic carbocycles. The topological polar surface area (TPSA) is 66.8 Å². The summed E-state index contributed by atoms with van der Waals surface area (Å²) in [5.74, 6) is -0.180. The third kappa shape index (κ3) is 5.02. The molecule has 1 aromatic rings. The average molecular weight is 370 g/mol. The average Bonchev–Trinajstić information content (AvgIpc) is 2.53. The zero-order valence-electron chi connectivity index (χ0n) is 12.3. The summed E-state index contributed by atoms with van der Waals surface area (Å²) in [5.41, 5.74) is 0. The van der Waals surface area contributed by atoms with Crippen LogP contribution in [0, 0.1) is 5.92 Å². The Kier molecular flexibility index (Phi) is 6.24. The predicted octanol–water partition coefficient (Wildman–Crippen LogP) is 2.93. The van der Waals surface area contributed by atoms with Crippen LogP contribution < -0.4 is 4.74 Å². The molecule has 1 saturated heterocycles. The summed E-state index contributed by atoms with van der Waals surface area (Å²) in [7, 11) is 0. The van der Waals surface area contributed by atoms with Gasteiger partial charge in [0.1, 0.15) is 5.75 Å². The standard InChI is InChI=1S/C16H20BrNO4/c17-13-3-5-14(6-4-13)22-11-1-2-15(19)18-9-7-12(8-10-18)16(20)21/h3-6,12H,1-2,7-11H2,(H,20,21). The predicted molar refractivity (Wildman–Crippen MR) is 85.8 cm³/mol. The number of nitrogens with zero attached hydrogens (tertiary/aromatic N) is 1. The van der Waals surface area contributed by atoms with E-state index in [2.05, 4.69) is 15.9 Å². The van der Waals surface area contributed by atoms with Gasteiger partial charge in [0.15, 0.2) is 0 Å². The van der Waals surface area contributed by atoms with Crippen molar-refractivity contribution in [3.63, 3.8) is 0 Å². The summed E-state index contributed by atoms with van der Waals surface area (Å²) in [5, 5.41) is 8.94. The molecule has 120 valence electrons. The Morgan fingerprint density at radius 1 is 1.23 bits per heavy atom. The maximum absolute atomic E-state index is 12.0. The molecule has 0 atom stereocenters. The summed E-state index contributed by atoms with van der Waals surface area (Å²) in [6, 6.07) is 7.57. The lowest BCUT2D eigenvalue weighted by Gasteiger charge is -2.30. The van der Waals surface area contributed by atoms with Crippen molar-refractivity contribution < 1.29 is 19.4 Å². The largest absolute Gasteiger partial charge is 0.494 e. The van der Waals surface area contributed by atoms with E-state index in [1.165, 1.54) is 0 Å². The number of amides is 1. The number of likely N-dealkylation sites (tertiary alicyclic amines) is 1. The first kappa shape index (κ1) is 16.8. The van der Waals surface area contributed by atoms with Crippen LogP contribution in [0.1, 0.15) is 25.7 Å². The second-order valence-electron chi connectivity index (χ2n) is 5.40. The van der Waals surface area contributed by atoms with Gasteiger partial charge in [0.2, 0.25) is 5.91 Å². The van der Waals surface area contributed by atoms with Crippen molar-refractivity contribution in [2.24, 2.45) is 5.92 Å². The number of hydrogen-bond donors (Lipinski definition) is 1. The van der Waals surface area contributed by atoms with Gasteiger partial charge in [-0.15, -0.1) is 0 Å². The summed E-state index contributed by atoms with van der Waals surface area (Å²) < 4.78 is 6.58. The van der Waals surface area contributed by atoms with E-state index in [0.29, 0.717) is 45.4 Å². The van der Waals surface area contributed by atoms with E-state index < -0.39 is 5.97 Å². The lowest BCUT2D eigenvalue weighted by atomic mass is 9.97. The first-order valence-corrected chi connectivity index (χ1v) is 8.24. The van der Waals surface area contributed by atoms with Crippen molar-refractivity contribution >= 4 is 27.8 Å². The number of ether oxygens (including phenoxy) is 1. The molecule has 0 bridgehead atoms. The van der Waals surface area contributed by atoms with Crippen molar-refractivity contribution in [1.29, 1.82) is 0 Å². The van der Waals surface area contributed by atoms with Gasteiger partial charge in [-0.3, -0.25) is 9.59 Å². The van der Waals surface area contributed by atoms with Crippen molar-refractivity contribution in [3.05, 3.63) is 28.7 Å². The monoisotopic (exact) mass is 369 g/mol. The summed E-state index contributed by atoms with van der Waals surface area (Å²) in [4.78, 5) is 24.7. The molecule has 1 aliphatic heterocycles. The molecule has 0 aromatic heterocycles. The molecular formula is C16H20BrNO4. The second kappa shape index (κ2) is 8.17. The normalized spacial score (nSPS) is 15.6. The van der Waals surface area contributed by atoms with Gasteiger partial charge in [-0.25, -0.2) is 0 Å². The van der Waals surface area contributed by atoms with Crippen molar-refractivity contribution in [1.82, 2.24) is 4.90 Å². The van der Waals surface area contributed by atoms with Crippen molar-refractivity contribution in [3.8, 4) is 5.75 Å². The number of aliphatic carboxylic acids is 1. The number of hydrogen-bond acceptors (Lipinski definition) is 3. The van der Waals surface area contributed by atoms with Crippen LogP contribution >= 0.6 is 15.9 Å². The minimum atomic E-state index is -0.755. The van der Waals surface area contributed by atoms with E-state index in [9.17, 15) is 9.59 Å². The molecule has 5 nitrogen and oxygen atoms in total. The van der Waals surface area contributed by atoms with E-state index >= 15 is 0 Å². The molecule has 1 N–H and O–H groups in total. The zero-order valence-corrected chi connectivity index (χ0v) is 13.9. The molecule has 2 rings (SSSR count). The van der Waals surface area contributed by atoms with Crippen LogP contribution in [-0.4, -0.2) is 41.6 Å². The van der Waals surface area contributed by atoms with Gasteiger partial charge >= 0.3 is 5.97 Å². The van der Waals surface area contributed by atoms with Crippen LogP contribution in [0.4, 0.5) is 0 Å². The van der Waals surface area contributed by atoms with E-state index in [1.54, 1.807) is 4.90 Å². The van der Waals surface area contributed by atoms with Crippen LogP contribution in [0.3, 0.4) is 0 Å². The van der Waals surface area contributed by atoms with Gasteiger partial charge < -0.3 is 14.7 Å². The number of carbonyl (C=O) groups is 2. The third-order valence-electron chi connectivity index (χ3n) is 3.81. The molecule has 1 aromatic carbocycles. The second-order valence-corrected chi connectivity index (χ2v) is 6.31. The quantitative estimate of drug-likeness (QED) is 0.782. The molecule has 0 saturated carbocycles. The highest BCUT2D eigenvalue weighted by Gasteiger charge is 2.26. The Bertz CT molecular complexity index is 509. The number of benzene rings is 1. The fourth-order valence-corrected chi connectivity index (χ4v) is 2.74. The minimum absolute atomic E-state index is 0.0863. The van der Waals surface area contributed by atoms with E-state index in [4.69, 9.17) is 9.84 Å². The molecular weight excluding hydrogens is 350 g/mol. The van der Waals surface area contributed by atoms with Gasteiger partial charge in [-0.2, -0.15) is 0 Å². The van der Waals surface area contributed by atoms with Gasteiger partial charge in [-0.05, 0) is 43.5 Å². The summed E-state index contributed by atoms with van der Waals surface area (Å²) in [6.45, 7) is 1.59. The van der Waals surface area contributed by atoms with E-state index in [0.717, 1.165) is 10.2 Å². The van der Waals surface area contributed by atoms with Crippen molar-refractivity contribution in [2.75, 3.05) is 19.7 Å². The Morgan fingerprint density at radius 3 is 2.45 bits per heavy atom. The molecule has 1 aliphatic rings. The smallest absolute Gasteiger partial charge is 0.306 e. The molecule has 1 heterocycles. The lowest BCUT2D eigenvalue weighted by Crippen LogP contribution is -2.40. The Morgan fingerprint density at radius 2 is 1.86 bits per heavy atom. The van der Waals surface area contributed by atoms with Crippen LogP contribution in [-0.2, 0) is 9.59 Å².